The van der Waals surface area contributed by atoms with Gasteiger partial charge in [0.25, 0.3) is 6.04 Å². The molecule has 2 aromatic rings. The molecule has 0 N–H and O–H groups in total. The molecule has 0 amide bonds. The molecule has 5 heteroatoms. The molecule has 2 heterocycles. The van der Waals surface area contributed by atoms with Crippen molar-refractivity contribution in [3.63, 3.8) is 0 Å². The van der Waals surface area contributed by atoms with E-state index in [1.54, 1.807) is 6.08 Å². The van der Waals surface area contributed by atoms with Crippen molar-refractivity contribution >= 4 is 11.3 Å². The predicted octanol–water partition coefficient (Wildman–Crippen LogP) is 3.59. The third-order valence-corrected chi connectivity index (χ3v) is 4.78. The Morgan fingerprint density at radius 3 is 2.71 bits per heavy atom. The summed E-state index contributed by atoms with van der Waals surface area (Å²) in [5.41, 5.74) is 0.963. The van der Waals surface area contributed by atoms with E-state index in [2.05, 4.69) is 6.58 Å². The second-order valence-corrected chi connectivity index (χ2v) is 5.91. The average Bonchev–Trinajstić information content (AvgIpc) is 3.16. The molecular weight excluding hydrogens is 286 g/mol. The van der Waals surface area contributed by atoms with E-state index >= 15 is 0 Å². The standard InChI is InChI=1S/C16H15NO3S/c1-2-16(13-8-9-21-10-13)11-20-14(15(16)17(18)19)12-6-4-3-5-7-12/h2-10,14-15H,1,11H2/t14-,15-,16+/m0/s1. The second-order valence-electron chi connectivity index (χ2n) is 5.13. The molecular formula is C16H15NO3S. The van der Waals surface area contributed by atoms with Crippen molar-refractivity contribution < 1.29 is 9.66 Å². The number of nitrogens with zero attached hydrogens (tertiary/aromatic N) is 1. The van der Waals surface area contributed by atoms with Gasteiger partial charge in [-0.25, -0.2) is 0 Å². The predicted molar refractivity (Wildman–Crippen MR) is 82.1 cm³/mol. The van der Waals surface area contributed by atoms with Crippen molar-refractivity contribution in [2.45, 2.75) is 17.6 Å². The first-order valence-electron chi connectivity index (χ1n) is 6.65. The Hall–Kier alpha value is -1.98. The molecule has 4 nitrogen and oxygen atoms in total. The van der Waals surface area contributed by atoms with E-state index in [1.165, 1.54) is 11.3 Å². The lowest BCUT2D eigenvalue weighted by Gasteiger charge is -2.25. The Morgan fingerprint density at radius 2 is 2.14 bits per heavy atom. The van der Waals surface area contributed by atoms with Crippen molar-refractivity contribution in [2.24, 2.45) is 0 Å². The van der Waals surface area contributed by atoms with Gasteiger partial charge < -0.3 is 4.74 Å². The Bertz CT molecular complexity index is 641. The van der Waals surface area contributed by atoms with Gasteiger partial charge in [0.1, 0.15) is 5.41 Å². The summed E-state index contributed by atoms with van der Waals surface area (Å²) in [6, 6.07) is 10.4. The van der Waals surface area contributed by atoms with Gasteiger partial charge in [-0.2, -0.15) is 11.3 Å². The van der Waals surface area contributed by atoms with Crippen LogP contribution in [0, 0.1) is 10.1 Å². The van der Waals surface area contributed by atoms with Gasteiger partial charge in [-0.3, -0.25) is 10.1 Å². The topological polar surface area (TPSA) is 52.4 Å². The Balaban J connectivity index is 2.08. The molecule has 0 spiro atoms. The van der Waals surface area contributed by atoms with Crippen LogP contribution in [-0.4, -0.2) is 17.6 Å². The molecule has 1 aliphatic rings. The minimum absolute atomic E-state index is 0.232. The van der Waals surface area contributed by atoms with Crippen LogP contribution in [0.1, 0.15) is 17.2 Å². The number of hydrogen-bond donors (Lipinski definition) is 0. The number of rotatable bonds is 4. The smallest absolute Gasteiger partial charge is 0.258 e. The summed E-state index contributed by atoms with van der Waals surface area (Å²) in [4.78, 5) is 11.5. The summed E-state index contributed by atoms with van der Waals surface area (Å²) in [6.45, 7) is 4.13. The summed E-state index contributed by atoms with van der Waals surface area (Å²) < 4.78 is 5.84. The molecule has 0 saturated carbocycles. The molecule has 1 aliphatic heterocycles. The molecule has 21 heavy (non-hydrogen) atoms. The maximum atomic E-state index is 11.7. The van der Waals surface area contributed by atoms with E-state index in [0.717, 1.165) is 11.1 Å². The van der Waals surface area contributed by atoms with Crippen LogP contribution in [0.5, 0.6) is 0 Å². The number of nitro groups is 1. The summed E-state index contributed by atoms with van der Waals surface area (Å²) in [6.07, 6.45) is 1.12. The summed E-state index contributed by atoms with van der Waals surface area (Å²) in [5.74, 6) is 0. The molecule has 3 atom stereocenters. The van der Waals surface area contributed by atoms with E-state index in [4.69, 9.17) is 4.74 Å². The van der Waals surface area contributed by atoms with Crippen molar-refractivity contribution in [1.29, 1.82) is 0 Å². The van der Waals surface area contributed by atoms with Crippen molar-refractivity contribution in [2.75, 3.05) is 6.61 Å². The van der Waals surface area contributed by atoms with Crippen molar-refractivity contribution in [3.05, 3.63) is 81.1 Å². The third-order valence-electron chi connectivity index (χ3n) is 4.09. The molecule has 108 valence electrons. The molecule has 1 saturated heterocycles. The quantitative estimate of drug-likeness (QED) is 0.492. The van der Waals surface area contributed by atoms with Crippen LogP contribution in [-0.2, 0) is 10.2 Å². The molecule has 0 bridgehead atoms. The Labute approximate surface area is 126 Å². The highest BCUT2D eigenvalue weighted by Crippen LogP contribution is 2.46. The van der Waals surface area contributed by atoms with E-state index in [0.29, 0.717) is 0 Å². The molecule has 3 rings (SSSR count). The zero-order chi connectivity index (χ0) is 14.9. The maximum absolute atomic E-state index is 11.7. The van der Waals surface area contributed by atoms with E-state index < -0.39 is 17.6 Å². The van der Waals surface area contributed by atoms with Gasteiger partial charge in [0.05, 0.1) is 6.61 Å². The zero-order valence-corrected chi connectivity index (χ0v) is 12.2. The fraction of sp³-hybridized carbons (Fsp3) is 0.250. The Kier molecular flexibility index (Phi) is 3.61. The first-order valence-corrected chi connectivity index (χ1v) is 7.59. The third kappa shape index (κ3) is 2.18. The minimum Gasteiger partial charge on any atom is -0.365 e. The second kappa shape index (κ2) is 5.42. The van der Waals surface area contributed by atoms with Gasteiger partial charge in [0.2, 0.25) is 0 Å². The maximum Gasteiger partial charge on any atom is 0.258 e. The van der Waals surface area contributed by atoms with Gasteiger partial charge in [0.15, 0.2) is 6.10 Å². The number of hydrogen-bond acceptors (Lipinski definition) is 4. The summed E-state index contributed by atoms with van der Waals surface area (Å²) in [7, 11) is 0. The van der Waals surface area contributed by atoms with Crippen LogP contribution in [0.25, 0.3) is 0 Å². The first kappa shape index (κ1) is 14.0. The van der Waals surface area contributed by atoms with E-state index in [1.807, 2.05) is 47.2 Å². The number of ether oxygens (including phenoxy) is 1. The van der Waals surface area contributed by atoms with Crippen molar-refractivity contribution in [3.8, 4) is 0 Å². The molecule has 0 unspecified atom stereocenters. The SMILES string of the molecule is C=C[C@]1(c2ccsc2)CO[C@@H](c2ccccc2)[C@@H]1[N+](=O)[O-]. The lowest BCUT2D eigenvalue weighted by Crippen LogP contribution is -2.42. The average molecular weight is 301 g/mol. The van der Waals surface area contributed by atoms with E-state index in [-0.39, 0.29) is 11.5 Å². The molecule has 1 fully saturated rings. The van der Waals surface area contributed by atoms with Crippen LogP contribution >= 0.6 is 11.3 Å². The Morgan fingerprint density at radius 1 is 1.38 bits per heavy atom. The highest BCUT2D eigenvalue weighted by molar-refractivity contribution is 7.08. The van der Waals surface area contributed by atoms with Crippen LogP contribution in [0.15, 0.2) is 59.8 Å². The van der Waals surface area contributed by atoms with Gasteiger partial charge in [-0.05, 0) is 28.0 Å². The van der Waals surface area contributed by atoms with Crippen LogP contribution < -0.4 is 0 Å². The number of thiophene rings is 1. The molecule has 1 aromatic heterocycles. The highest BCUT2D eigenvalue weighted by atomic mass is 32.1. The minimum atomic E-state index is -0.869. The van der Waals surface area contributed by atoms with Gasteiger partial charge in [0, 0.05) is 4.92 Å². The van der Waals surface area contributed by atoms with Crippen molar-refractivity contribution in [1.82, 2.24) is 0 Å². The first-order chi connectivity index (χ1) is 10.2. The van der Waals surface area contributed by atoms with Gasteiger partial charge in [-0.1, -0.05) is 36.4 Å². The molecule has 0 aliphatic carbocycles. The van der Waals surface area contributed by atoms with E-state index in [9.17, 15) is 10.1 Å². The lowest BCUT2D eigenvalue weighted by atomic mass is 9.75. The largest absolute Gasteiger partial charge is 0.365 e. The zero-order valence-electron chi connectivity index (χ0n) is 11.3. The summed E-state index contributed by atoms with van der Waals surface area (Å²) in [5, 5.41) is 15.6. The monoisotopic (exact) mass is 301 g/mol. The van der Waals surface area contributed by atoms with Gasteiger partial charge in [-0.15, -0.1) is 6.58 Å². The fourth-order valence-electron chi connectivity index (χ4n) is 2.98. The lowest BCUT2D eigenvalue weighted by molar-refractivity contribution is -0.535. The van der Waals surface area contributed by atoms with Crippen LogP contribution in [0.2, 0.25) is 0 Å². The molecule has 1 aromatic carbocycles. The number of benzene rings is 1. The normalized spacial score (nSPS) is 28.4. The van der Waals surface area contributed by atoms with Crippen LogP contribution in [0.4, 0.5) is 0 Å². The summed E-state index contributed by atoms with van der Waals surface area (Å²) >= 11 is 1.53. The highest BCUT2D eigenvalue weighted by Gasteiger charge is 2.57. The molecule has 0 radical (unpaired) electrons. The van der Waals surface area contributed by atoms with Crippen LogP contribution in [0.3, 0.4) is 0 Å². The van der Waals surface area contributed by atoms with Gasteiger partial charge >= 0.3 is 0 Å². The fourth-order valence-corrected chi connectivity index (χ4v) is 3.72.